The number of hydrogen-bond donors (Lipinski definition) is 0. The number of hydrogen-bond acceptors (Lipinski definition) is 9. The summed E-state index contributed by atoms with van der Waals surface area (Å²) >= 11 is 3.14. The Morgan fingerprint density at radius 2 is 2.11 bits per heavy atom. The van der Waals surface area contributed by atoms with Crippen LogP contribution in [0, 0.1) is 5.92 Å². The first kappa shape index (κ1) is 16.8. The fourth-order valence-electron chi connectivity index (χ4n) is 3.11. The lowest BCUT2D eigenvalue weighted by molar-refractivity contribution is 0.464. The standard InChI is InChI=1S/C18H16N4O3S2/c1-10-4-5-13-11(7-10)8-14(27-13)17-21-22-18(25-17)26-9-15-19-20-16(24-15)12-3-2-6-23-12/h2-3,6,8,10H,4-5,7,9H2,1H3. The molecule has 0 bridgehead atoms. The van der Waals surface area contributed by atoms with E-state index in [0.29, 0.717) is 34.4 Å². The van der Waals surface area contributed by atoms with Gasteiger partial charge in [0.1, 0.15) is 0 Å². The van der Waals surface area contributed by atoms with Crippen LogP contribution in [-0.4, -0.2) is 20.4 Å². The van der Waals surface area contributed by atoms with Gasteiger partial charge in [-0.3, -0.25) is 0 Å². The van der Waals surface area contributed by atoms with E-state index in [9.17, 15) is 0 Å². The van der Waals surface area contributed by atoms with Gasteiger partial charge in [-0.1, -0.05) is 18.7 Å². The van der Waals surface area contributed by atoms with Crippen molar-refractivity contribution in [3.8, 4) is 22.4 Å². The summed E-state index contributed by atoms with van der Waals surface area (Å²) in [5.41, 5.74) is 1.43. The van der Waals surface area contributed by atoms with Gasteiger partial charge >= 0.3 is 0 Å². The molecule has 0 aliphatic heterocycles. The van der Waals surface area contributed by atoms with E-state index in [4.69, 9.17) is 13.3 Å². The molecule has 4 heterocycles. The van der Waals surface area contributed by atoms with Gasteiger partial charge < -0.3 is 13.3 Å². The number of nitrogens with zero attached hydrogens (tertiary/aromatic N) is 4. The van der Waals surface area contributed by atoms with Crippen molar-refractivity contribution in [2.75, 3.05) is 0 Å². The third kappa shape index (κ3) is 3.44. The van der Waals surface area contributed by atoms with Crippen molar-refractivity contribution >= 4 is 23.1 Å². The highest BCUT2D eigenvalue weighted by Gasteiger charge is 2.21. The summed E-state index contributed by atoms with van der Waals surface area (Å²) in [7, 11) is 0. The van der Waals surface area contributed by atoms with Crippen molar-refractivity contribution in [1.82, 2.24) is 20.4 Å². The molecule has 0 N–H and O–H groups in total. The maximum Gasteiger partial charge on any atom is 0.283 e. The predicted molar refractivity (Wildman–Crippen MR) is 100 cm³/mol. The smallest absolute Gasteiger partial charge is 0.283 e. The second-order valence-corrected chi connectivity index (χ2v) is 8.61. The summed E-state index contributed by atoms with van der Waals surface area (Å²) in [6.45, 7) is 2.30. The summed E-state index contributed by atoms with van der Waals surface area (Å²) in [6.07, 6.45) is 5.10. The Kier molecular flexibility index (Phi) is 4.33. The number of rotatable bonds is 5. The fourth-order valence-corrected chi connectivity index (χ4v) is 4.84. The van der Waals surface area contributed by atoms with Crippen molar-refractivity contribution in [2.24, 2.45) is 5.92 Å². The quantitative estimate of drug-likeness (QED) is 0.439. The Labute approximate surface area is 163 Å². The van der Waals surface area contributed by atoms with Gasteiger partial charge in [0.25, 0.3) is 17.0 Å². The van der Waals surface area contributed by atoms with Crippen LogP contribution in [0.1, 0.15) is 29.7 Å². The number of furan rings is 1. The summed E-state index contributed by atoms with van der Waals surface area (Å²) in [5, 5.41) is 16.8. The van der Waals surface area contributed by atoms with Crippen LogP contribution in [-0.2, 0) is 18.6 Å². The number of thioether (sulfide) groups is 1. The minimum Gasteiger partial charge on any atom is -0.459 e. The molecule has 1 atom stereocenters. The summed E-state index contributed by atoms with van der Waals surface area (Å²) < 4.78 is 16.6. The first-order valence-corrected chi connectivity index (χ1v) is 10.5. The van der Waals surface area contributed by atoms with E-state index >= 15 is 0 Å². The van der Waals surface area contributed by atoms with Crippen molar-refractivity contribution in [3.05, 3.63) is 40.8 Å². The molecule has 0 spiro atoms. The summed E-state index contributed by atoms with van der Waals surface area (Å²) in [6, 6.07) is 5.75. The molecule has 0 aromatic carbocycles. The van der Waals surface area contributed by atoms with Crippen LogP contribution in [0.3, 0.4) is 0 Å². The highest BCUT2D eigenvalue weighted by molar-refractivity contribution is 7.98. The molecule has 0 saturated carbocycles. The summed E-state index contributed by atoms with van der Waals surface area (Å²) in [5.74, 6) is 3.16. The Hall–Kier alpha value is -2.39. The number of thiophene rings is 1. The van der Waals surface area contributed by atoms with Crippen LogP contribution in [0.2, 0.25) is 0 Å². The van der Waals surface area contributed by atoms with Gasteiger partial charge in [0.2, 0.25) is 5.89 Å². The van der Waals surface area contributed by atoms with Crippen LogP contribution in [0.25, 0.3) is 22.4 Å². The highest BCUT2D eigenvalue weighted by atomic mass is 32.2. The zero-order valence-corrected chi connectivity index (χ0v) is 16.2. The number of aromatic nitrogens is 4. The minimum absolute atomic E-state index is 0.361. The zero-order chi connectivity index (χ0) is 18.2. The van der Waals surface area contributed by atoms with Gasteiger partial charge in [-0.05, 0) is 48.9 Å². The summed E-state index contributed by atoms with van der Waals surface area (Å²) in [4.78, 5) is 2.50. The molecule has 0 saturated heterocycles. The van der Waals surface area contributed by atoms with Crippen molar-refractivity contribution in [1.29, 1.82) is 0 Å². The molecule has 138 valence electrons. The molecule has 1 unspecified atom stereocenters. The van der Waals surface area contributed by atoms with E-state index < -0.39 is 0 Å². The largest absolute Gasteiger partial charge is 0.459 e. The molecule has 5 rings (SSSR count). The lowest BCUT2D eigenvalue weighted by Gasteiger charge is -2.16. The molecule has 9 heteroatoms. The Morgan fingerprint density at radius 1 is 1.19 bits per heavy atom. The van der Waals surface area contributed by atoms with Crippen LogP contribution in [0.4, 0.5) is 0 Å². The average Bonchev–Trinajstić information content (AvgIpc) is 3.45. The monoisotopic (exact) mass is 400 g/mol. The van der Waals surface area contributed by atoms with Crippen molar-refractivity contribution in [3.63, 3.8) is 0 Å². The normalized spacial score (nSPS) is 16.6. The van der Waals surface area contributed by atoms with Gasteiger partial charge in [0.05, 0.1) is 16.9 Å². The van der Waals surface area contributed by atoms with E-state index in [2.05, 4.69) is 33.4 Å². The molecule has 0 fully saturated rings. The topological polar surface area (TPSA) is 91.0 Å². The number of aryl methyl sites for hydroxylation is 1. The molecule has 7 nitrogen and oxygen atoms in total. The highest BCUT2D eigenvalue weighted by Crippen LogP contribution is 2.37. The Morgan fingerprint density at radius 3 is 3.00 bits per heavy atom. The molecule has 27 heavy (non-hydrogen) atoms. The van der Waals surface area contributed by atoms with Gasteiger partial charge in [-0.25, -0.2) is 0 Å². The Balaban J connectivity index is 1.26. The average molecular weight is 400 g/mol. The minimum atomic E-state index is 0.361. The van der Waals surface area contributed by atoms with Gasteiger partial charge in [0, 0.05) is 4.88 Å². The molecule has 4 aromatic heterocycles. The molecule has 1 aliphatic rings. The fraction of sp³-hybridized carbons (Fsp3) is 0.333. The molecular formula is C18H16N4O3S2. The first-order chi connectivity index (χ1) is 13.2. The zero-order valence-electron chi connectivity index (χ0n) is 14.5. The number of fused-ring (bicyclic) bond motifs is 1. The van der Waals surface area contributed by atoms with Gasteiger partial charge in [0.15, 0.2) is 5.76 Å². The van der Waals surface area contributed by atoms with Crippen molar-refractivity contribution in [2.45, 2.75) is 37.2 Å². The van der Waals surface area contributed by atoms with Crippen LogP contribution in [0.5, 0.6) is 0 Å². The second-order valence-electron chi connectivity index (χ2n) is 6.55. The molecule has 4 aromatic rings. The SMILES string of the molecule is CC1CCc2sc(-c3nnc(SCc4nnc(-c5ccco5)o4)o3)cc2C1. The van der Waals surface area contributed by atoms with Crippen LogP contribution in [0.15, 0.2) is 42.9 Å². The van der Waals surface area contributed by atoms with E-state index in [-0.39, 0.29) is 0 Å². The third-order valence-corrected chi connectivity index (χ3v) is 6.49. The maximum atomic E-state index is 5.82. The third-order valence-electron chi connectivity index (χ3n) is 4.46. The second kappa shape index (κ2) is 6.97. The maximum absolute atomic E-state index is 5.82. The van der Waals surface area contributed by atoms with Crippen LogP contribution >= 0.6 is 23.1 Å². The predicted octanol–water partition coefficient (Wildman–Crippen LogP) is 4.86. The van der Waals surface area contributed by atoms with Crippen molar-refractivity contribution < 1.29 is 13.3 Å². The van der Waals surface area contributed by atoms with Crippen LogP contribution < -0.4 is 0 Å². The lowest BCUT2D eigenvalue weighted by atomic mass is 9.90. The van der Waals surface area contributed by atoms with E-state index in [0.717, 1.165) is 23.6 Å². The van der Waals surface area contributed by atoms with Gasteiger partial charge in [-0.2, -0.15) is 0 Å². The molecule has 0 radical (unpaired) electrons. The van der Waals surface area contributed by atoms with E-state index in [1.54, 1.807) is 29.7 Å². The van der Waals surface area contributed by atoms with E-state index in [1.165, 1.54) is 28.6 Å². The molecule has 0 amide bonds. The Bertz CT molecular complexity index is 1050. The molecular weight excluding hydrogens is 384 g/mol. The lowest BCUT2D eigenvalue weighted by Crippen LogP contribution is -2.07. The van der Waals surface area contributed by atoms with Gasteiger partial charge in [-0.15, -0.1) is 31.7 Å². The van der Waals surface area contributed by atoms with E-state index in [1.807, 2.05) is 0 Å². The first-order valence-electron chi connectivity index (χ1n) is 8.69. The molecule has 1 aliphatic carbocycles.